The van der Waals surface area contributed by atoms with Crippen molar-refractivity contribution in [2.24, 2.45) is 0 Å². The standard InChI is InChI=1S/C11H8ClFOS/c12-10-6-5-9(15-10)11(14)7-3-1-2-4-8(7)13/h1-6,11,14H. The van der Waals surface area contributed by atoms with E-state index < -0.39 is 11.9 Å². The molecule has 15 heavy (non-hydrogen) atoms. The first-order valence-corrected chi connectivity index (χ1v) is 5.55. The zero-order chi connectivity index (χ0) is 10.8. The summed E-state index contributed by atoms with van der Waals surface area (Å²) in [6.07, 6.45) is -0.941. The van der Waals surface area contributed by atoms with Gasteiger partial charge in [-0.25, -0.2) is 4.39 Å². The molecule has 1 N–H and O–H groups in total. The van der Waals surface area contributed by atoms with Gasteiger partial charge in [-0.15, -0.1) is 11.3 Å². The van der Waals surface area contributed by atoms with E-state index >= 15 is 0 Å². The number of thiophene rings is 1. The number of halogens is 2. The molecule has 1 aromatic carbocycles. The highest BCUT2D eigenvalue weighted by Crippen LogP contribution is 2.31. The molecule has 1 atom stereocenters. The zero-order valence-electron chi connectivity index (χ0n) is 7.65. The first-order valence-electron chi connectivity index (χ1n) is 4.36. The van der Waals surface area contributed by atoms with E-state index in [1.807, 2.05) is 0 Å². The molecule has 0 spiro atoms. The van der Waals surface area contributed by atoms with Crippen molar-refractivity contribution in [1.82, 2.24) is 0 Å². The van der Waals surface area contributed by atoms with Crippen molar-refractivity contribution < 1.29 is 9.50 Å². The van der Waals surface area contributed by atoms with Crippen LogP contribution in [0.4, 0.5) is 4.39 Å². The number of hydrogen-bond donors (Lipinski definition) is 1. The van der Waals surface area contributed by atoms with Crippen molar-refractivity contribution in [3.63, 3.8) is 0 Å². The molecule has 0 bridgehead atoms. The third-order valence-electron chi connectivity index (χ3n) is 2.06. The van der Waals surface area contributed by atoms with Crippen LogP contribution in [0.3, 0.4) is 0 Å². The van der Waals surface area contributed by atoms with Crippen molar-refractivity contribution in [3.8, 4) is 0 Å². The molecule has 0 fully saturated rings. The molecule has 78 valence electrons. The fraction of sp³-hybridized carbons (Fsp3) is 0.0909. The first kappa shape index (κ1) is 10.6. The lowest BCUT2D eigenvalue weighted by Gasteiger charge is -2.09. The SMILES string of the molecule is OC(c1ccc(Cl)s1)c1ccccc1F. The molecule has 4 heteroatoms. The minimum atomic E-state index is -0.941. The van der Waals surface area contributed by atoms with Gasteiger partial charge in [-0.2, -0.15) is 0 Å². The van der Waals surface area contributed by atoms with Gasteiger partial charge in [-0.1, -0.05) is 29.8 Å². The highest BCUT2D eigenvalue weighted by molar-refractivity contribution is 7.16. The van der Waals surface area contributed by atoms with Crippen molar-refractivity contribution in [3.05, 3.63) is 57.0 Å². The third-order valence-corrected chi connectivity index (χ3v) is 3.35. The van der Waals surface area contributed by atoms with Crippen LogP contribution in [0.1, 0.15) is 16.5 Å². The summed E-state index contributed by atoms with van der Waals surface area (Å²) >= 11 is 6.99. The van der Waals surface area contributed by atoms with E-state index in [0.29, 0.717) is 9.21 Å². The Balaban J connectivity index is 2.36. The second-order valence-electron chi connectivity index (χ2n) is 3.07. The fourth-order valence-electron chi connectivity index (χ4n) is 1.33. The maximum Gasteiger partial charge on any atom is 0.129 e. The van der Waals surface area contributed by atoms with E-state index in [0.717, 1.165) is 0 Å². The average Bonchev–Trinajstić information content (AvgIpc) is 2.65. The van der Waals surface area contributed by atoms with Crippen molar-refractivity contribution in [2.75, 3.05) is 0 Å². The maximum atomic E-state index is 13.3. The monoisotopic (exact) mass is 242 g/mol. The Morgan fingerprint density at radius 2 is 1.93 bits per heavy atom. The number of aliphatic hydroxyl groups is 1. The van der Waals surface area contributed by atoms with Crippen LogP contribution in [0.15, 0.2) is 36.4 Å². The molecule has 1 heterocycles. The van der Waals surface area contributed by atoms with Crippen LogP contribution >= 0.6 is 22.9 Å². The first-order chi connectivity index (χ1) is 7.18. The molecule has 2 rings (SSSR count). The summed E-state index contributed by atoms with van der Waals surface area (Å²) in [4.78, 5) is 0.644. The lowest BCUT2D eigenvalue weighted by atomic mass is 10.1. The van der Waals surface area contributed by atoms with Gasteiger partial charge >= 0.3 is 0 Å². The molecule has 0 saturated heterocycles. The smallest absolute Gasteiger partial charge is 0.129 e. The number of rotatable bonds is 2. The van der Waals surface area contributed by atoms with Gasteiger partial charge in [0.1, 0.15) is 11.9 Å². The Kier molecular flexibility index (Phi) is 3.05. The van der Waals surface area contributed by atoms with E-state index in [9.17, 15) is 9.50 Å². The molecular formula is C11H8ClFOS. The highest BCUT2D eigenvalue weighted by Gasteiger charge is 2.15. The molecule has 0 radical (unpaired) electrons. The van der Waals surface area contributed by atoms with Crippen LogP contribution in [0.25, 0.3) is 0 Å². The van der Waals surface area contributed by atoms with Gasteiger partial charge < -0.3 is 5.11 Å². The van der Waals surface area contributed by atoms with E-state index in [1.165, 1.54) is 17.4 Å². The quantitative estimate of drug-likeness (QED) is 0.853. The van der Waals surface area contributed by atoms with Gasteiger partial charge in [0.05, 0.1) is 4.34 Å². The molecule has 1 aromatic heterocycles. The predicted molar refractivity (Wildman–Crippen MR) is 59.8 cm³/mol. The summed E-state index contributed by atoms with van der Waals surface area (Å²) < 4.78 is 13.9. The molecule has 0 aliphatic heterocycles. The summed E-state index contributed by atoms with van der Waals surface area (Å²) in [5.74, 6) is -0.408. The molecule has 0 amide bonds. The van der Waals surface area contributed by atoms with Gasteiger partial charge in [0, 0.05) is 10.4 Å². The zero-order valence-corrected chi connectivity index (χ0v) is 9.23. The van der Waals surface area contributed by atoms with Crippen LogP contribution in [0, 0.1) is 5.82 Å². The molecule has 2 aromatic rings. The van der Waals surface area contributed by atoms with Gasteiger partial charge in [0.25, 0.3) is 0 Å². The van der Waals surface area contributed by atoms with Gasteiger partial charge in [-0.05, 0) is 18.2 Å². The van der Waals surface area contributed by atoms with E-state index in [2.05, 4.69) is 0 Å². The van der Waals surface area contributed by atoms with Crippen LogP contribution in [-0.4, -0.2) is 5.11 Å². The molecule has 1 nitrogen and oxygen atoms in total. The largest absolute Gasteiger partial charge is 0.383 e. The Labute approximate surface area is 95.8 Å². The van der Waals surface area contributed by atoms with Gasteiger partial charge in [0.15, 0.2) is 0 Å². The normalized spacial score (nSPS) is 12.7. The van der Waals surface area contributed by atoms with Crippen LogP contribution in [-0.2, 0) is 0 Å². The average molecular weight is 243 g/mol. The van der Waals surface area contributed by atoms with Gasteiger partial charge in [0.2, 0.25) is 0 Å². The highest BCUT2D eigenvalue weighted by atomic mass is 35.5. The maximum absolute atomic E-state index is 13.3. The Morgan fingerprint density at radius 3 is 2.53 bits per heavy atom. The van der Waals surface area contributed by atoms with Crippen molar-refractivity contribution >= 4 is 22.9 Å². The second kappa shape index (κ2) is 4.31. The summed E-state index contributed by atoms with van der Waals surface area (Å²) in [6, 6.07) is 9.56. The number of aliphatic hydroxyl groups excluding tert-OH is 1. The van der Waals surface area contributed by atoms with Crippen molar-refractivity contribution in [1.29, 1.82) is 0 Å². The minimum Gasteiger partial charge on any atom is -0.383 e. The Hall–Kier alpha value is -0.900. The second-order valence-corrected chi connectivity index (χ2v) is 4.81. The molecular weight excluding hydrogens is 235 g/mol. The lowest BCUT2D eigenvalue weighted by molar-refractivity contribution is 0.219. The van der Waals surface area contributed by atoms with Gasteiger partial charge in [-0.3, -0.25) is 0 Å². The summed E-state index contributed by atoms with van der Waals surface area (Å²) in [5, 5.41) is 9.90. The molecule has 0 aliphatic carbocycles. The molecule has 1 unspecified atom stereocenters. The fourth-order valence-corrected chi connectivity index (χ4v) is 2.39. The van der Waals surface area contributed by atoms with Crippen LogP contribution in [0.5, 0.6) is 0 Å². The van der Waals surface area contributed by atoms with E-state index in [1.54, 1.807) is 30.3 Å². The van der Waals surface area contributed by atoms with Crippen LogP contribution < -0.4 is 0 Å². The molecule has 0 saturated carbocycles. The van der Waals surface area contributed by atoms with Crippen LogP contribution in [0.2, 0.25) is 4.34 Å². The number of hydrogen-bond acceptors (Lipinski definition) is 2. The summed E-state index contributed by atoms with van der Waals surface area (Å²) in [5.41, 5.74) is 0.274. The summed E-state index contributed by atoms with van der Waals surface area (Å²) in [6.45, 7) is 0. The minimum absolute atomic E-state index is 0.274. The molecule has 0 aliphatic rings. The van der Waals surface area contributed by atoms with Crippen molar-refractivity contribution in [2.45, 2.75) is 6.10 Å². The van der Waals surface area contributed by atoms with E-state index in [-0.39, 0.29) is 5.56 Å². The third kappa shape index (κ3) is 2.20. The number of benzene rings is 1. The summed E-state index contributed by atoms with van der Waals surface area (Å²) in [7, 11) is 0. The Morgan fingerprint density at radius 1 is 1.20 bits per heavy atom. The Bertz CT molecular complexity index is 469. The van der Waals surface area contributed by atoms with E-state index in [4.69, 9.17) is 11.6 Å². The predicted octanol–water partition coefficient (Wildman–Crippen LogP) is 3.62. The lowest BCUT2D eigenvalue weighted by Crippen LogP contribution is -1.99. The topological polar surface area (TPSA) is 20.2 Å².